The molecule has 0 atom stereocenters. The number of hydrogen-bond acceptors (Lipinski definition) is 5. The summed E-state index contributed by atoms with van der Waals surface area (Å²) in [7, 11) is 4.83. The van der Waals surface area contributed by atoms with E-state index in [1.165, 1.54) is 0 Å². The van der Waals surface area contributed by atoms with Crippen LogP contribution in [0.5, 0.6) is 17.2 Å². The van der Waals surface area contributed by atoms with Crippen LogP contribution >= 0.6 is 12.2 Å². The fourth-order valence-electron chi connectivity index (χ4n) is 3.21. The molecule has 3 aromatic carbocycles. The van der Waals surface area contributed by atoms with Crippen molar-refractivity contribution in [3.05, 3.63) is 54.6 Å². The van der Waals surface area contributed by atoms with Gasteiger partial charge >= 0.3 is 0 Å². The molecule has 2 N–H and O–H groups in total. The monoisotopic (exact) mass is 408 g/mol. The lowest BCUT2D eigenvalue weighted by atomic mass is 10.1. The van der Waals surface area contributed by atoms with Gasteiger partial charge in [-0.25, -0.2) is 0 Å². The number of methoxy groups -OCH3 is 3. The summed E-state index contributed by atoms with van der Waals surface area (Å²) in [5.74, 6) is 2.00. The zero-order valence-electron chi connectivity index (χ0n) is 16.2. The van der Waals surface area contributed by atoms with Gasteiger partial charge in [-0.05, 0) is 36.5 Å². The van der Waals surface area contributed by atoms with Gasteiger partial charge in [-0.3, -0.25) is 0 Å². The van der Waals surface area contributed by atoms with Gasteiger partial charge in [-0.1, -0.05) is 18.2 Å². The van der Waals surface area contributed by atoms with Crippen molar-refractivity contribution in [3.63, 3.8) is 0 Å². The van der Waals surface area contributed by atoms with Gasteiger partial charge in [0, 0.05) is 22.9 Å². The van der Waals surface area contributed by atoms with Crippen molar-refractivity contribution in [2.45, 2.75) is 0 Å². The number of ether oxygens (including phenoxy) is 3. The number of furan rings is 1. The summed E-state index contributed by atoms with van der Waals surface area (Å²) in [4.78, 5) is 0. The van der Waals surface area contributed by atoms with Gasteiger partial charge in [0.25, 0.3) is 0 Å². The number of nitrogens with one attached hydrogen (secondary N) is 2. The first kappa shape index (κ1) is 18.9. The molecule has 29 heavy (non-hydrogen) atoms. The van der Waals surface area contributed by atoms with Crippen molar-refractivity contribution in [1.82, 2.24) is 0 Å². The summed E-state index contributed by atoms with van der Waals surface area (Å²) in [5, 5.41) is 8.71. The maximum atomic E-state index is 5.96. The van der Waals surface area contributed by atoms with Gasteiger partial charge in [-0.15, -0.1) is 0 Å². The van der Waals surface area contributed by atoms with Crippen molar-refractivity contribution < 1.29 is 18.6 Å². The molecule has 0 radical (unpaired) electrons. The molecule has 6 nitrogen and oxygen atoms in total. The lowest BCUT2D eigenvalue weighted by Crippen LogP contribution is -2.20. The quantitative estimate of drug-likeness (QED) is 0.427. The van der Waals surface area contributed by atoms with Crippen molar-refractivity contribution >= 4 is 50.6 Å². The van der Waals surface area contributed by atoms with E-state index in [0.717, 1.165) is 21.9 Å². The Morgan fingerprint density at radius 3 is 2.21 bits per heavy atom. The number of thiocarbonyl (C=S) groups is 1. The van der Waals surface area contributed by atoms with Crippen molar-refractivity contribution in [3.8, 4) is 17.2 Å². The fourth-order valence-corrected chi connectivity index (χ4v) is 3.43. The summed E-state index contributed by atoms with van der Waals surface area (Å²) in [6.45, 7) is 0. The van der Waals surface area contributed by atoms with Crippen LogP contribution in [0.2, 0.25) is 0 Å². The maximum Gasteiger partial charge on any atom is 0.175 e. The van der Waals surface area contributed by atoms with Gasteiger partial charge in [0.05, 0.1) is 32.7 Å². The van der Waals surface area contributed by atoms with E-state index in [1.54, 1.807) is 21.3 Å². The summed E-state index contributed by atoms with van der Waals surface area (Å²) >= 11 is 5.49. The van der Waals surface area contributed by atoms with E-state index in [4.69, 9.17) is 30.8 Å². The van der Waals surface area contributed by atoms with Crippen LogP contribution in [0.25, 0.3) is 21.9 Å². The molecular weight excluding hydrogens is 388 g/mol. The van der Waals surface area contributed by atoms with Gasteiger partial charge in [0.1, 0.15) is 28.4 Å². The molecule has 0 saturated carbocycles. The van der Waals surface area contributed by atoms with Crippen LogP contribution in [-0.2, 0) is 0 Å². The molecular formula is C22H20N2O4S. The summed E-state index contributed by atoms with van der Waals surface area (Å²) < 4.78 is 22.2. The van der Waals surface area contributed by atoms with E-state index in [2.05, 4.69) is 10.6 Å². The average Bonchev–Trinajstić information content (AvgIpc) is 3.10. The molecule has 0 aliphatic heterocycles. The predicted octanol–water partition coefficient (Wildman–Crippen LogP) is 5.42. The molecule has 0 fully saturated rings. The maximum absolute atomic E-state index is 5.96. The Hall–Kier alpha value is -3.45. The molecule has 0 spiro atoms. The molecule has 4 aromatic rings. The summed E-state index contributed by atoms with van der Waals surface area (Å²) in [6.07, 6.45) is 0. The molecule has 0 saturated heterocycles. The van der Waals surface area contributed by atoms with Crippen LogP contribution in [0.15, 0.2) is 59.0 Å². The smallest absolute Gasteiger partial charge is 0.175 e. The second kappa shape index (κ2) is 7.89. The number of anilines is 2. The van der Waals surface area contributed by atoms with Crippen molar-refractivity contribution in [2.24, 2.45) is 0 Å². The highest BCUT2D eigenvalue weighted by Gasteiger charge is 2.14. The summed E-state index contributed by atoms with van der Waals surface area (Å²) in [6, 6.07) is 17.2. The minimum absolute atomic E-state index is 0.380. The number of hydrogen-bond donors (Lipinski definition) is 2. The highest BCUT2D eigenvalue weighted by atomic mass is 32.1. The zero-order valence-corrected chi connectivity index (χ0v) is 17.1. The van der Waals surface area contributed by atoms with Crippen LogP contribution in [0.4, 0.5) is 11.4 Å². The van der Waals surface area contributed by atoms with E-state index in [0.29, 0.717) is 33.7 Å². The molecule has 0 aliphatic carbocycles. The van der Waals surface area contributed by atoms with Crippen LogP contribution in [-0.4, -0.2) is 26.4 Å². The van der Waals surface area contributed by atoms with E-state index >= 15 is 0 Å². The van der Waals surface area contributed by atoms with Crippen LogP contribution in [0, 0.1) is 0 Å². The Bertz CT molecular complexity index is 1200. The molecule has 7 heteroatoms. The normalized spacial score (nSPS) is 10.7. The first-order chi connectivity index (χ1) is 14.1. The fraction of sp³-hybridized carbons (Fsp3) is 0.136. The molecule has 0 unspecified atom stereocenters. The molecule has 0 amide bonds. The molecule has 0 aliphatic rings. The van der Waals surface area contributed by atoms with E-state index < -0.39 is 0 Å². The molecule has 4 rings (SSSR count). The van der Waals surface area contributed by atoms with Crippen molar-refractivity contribution in [2.75, 3.05) is 32.0 Å². The number of fused-ring (bicyclic) bond motifs is 3. The van der Waals surface area contributed by atoms with E-state index in [9.17, 15) is 0 Å². The predicted molar refractivity (Wildman–Crippen MR) is 120 cm³/mol. The van der Waals surface area contributed by atoms with E-state index in [-0.39, 0.29) is 0 Å². The SMILES string of the molecule is COc1ccc(OC)c(NC(=S)Nc2cc3oc4ccccc4c3cc2OC)c1. The first-order valence-electron chi connectivity index (χ1n) is 8.92. The Kier molecular flexibility index (Phi) is 5.14. The van der Waals surface area contributed by atoms with Gasteiger partial charge in [-0.2, -0.15) is 0 Å². The molecule has 148 valence electrons. The number of rotatable bonds is 5. The second-order valence-corrected chi connectivity index (χ2v) is 6.70. The van der Waals surface area contributed by atoms with Crippen molar-refractivity contribution in [1.29, 1.82) is 0 Å². The minimum Gasteiger partial charge on any atom is -0.497 e. The highest BCUT2D eigenvalue weighted by Crippen LogP contribution is 2.36. The Morgan fingerprint density at radius 2 is 1.48 bits per heavy atom. The third-order valence-electron chi connectivity index (χ3n) is 4.60. The lowest BCUT2D eigenvalue weighted by molar-refractivity contribution is 0.405. The molecule has 0 bridgehead atoms. The highest BCUT2D eigenvalue weighted by molar-refractivity contribution is 7.80. The molecule has 1 aromatic heterocycles. The zero-order chi connectivity index (χ0) is 20.4. The summed E-state index contributed by atoms with van der Waals surface area (Å²) in [5.41, 5.74) is 2.95. The Labute approximate surface area is 173 Å². The minimum atomic E-state index is 0.380. The molecule has 1 heterocycles. The Balaban J connectivity index is 1.65. The van der Waals surface area contributed by atoms with E-state index in [1.807, 2.05) is 54.6 Å². The standard InChI is InChI=1S/C22H20N2O4S/c1-25-13-8-9-19(26-2)16(10-13)23-22(29)24-17-12-20-15(11-21(17)27-3)14-6-4-5-7-18(14)28-20/h4-12H,1-3H3,(H2,23,24,29). The average molecular weight is 408 g/mol. The lowest BCUT2D eigenvalue weighted by Gasteiger charge is -2.16. The van der Waals surface area contributed by atoms with Gasteiger partial charge in [0.15, 0.2) is 5.11 Å². The third-order valence-corrected chi connectivity index (χ3v) is 4.81. The topological polar surface area (TPSA) is 64.9 Å². The van der Waals surface area contributed by atoms with Crippen LogP contribution in [0.3, 0.4) is 0 Å². The third kappa shape index (κ3) is 3.64. The van der Waals surface area contributed by atoms with Gasteiger partial charge in [0.2, 0.25) is 0 Å². The largest absolute Gasteiger partial charge is 0.497 e. The van der Waals surface area contributed by atoms with Crippen LogP contribution < -0.4 is 24.8 Å². The Morgan fingerprint density at radius 1 is 0.759 bits per heavy atom. The number of benzene rings is 3. The first-order valence-corrected chi connectivity index (χ1v) is 9.33. The second-order valence-electron chi connectivity index (χ2n) is 6.29. The number of para-hydroxylation sites is 1. The van der Waals surface area contributed by atoms with Crippen LogP contribution in [0.1, 0.15) is 0 Å². The van der Waals surface area contributed by atoms with Gasteiger partial charge < -0.3 is 29.3 Å².